The van der Waals surface area contributed by atoms with E-state index in [9.17, 15) is 13.2 Å². The third-order valence-electron chi connectivity index (χ3n) is 5.46. The van der Waals surface area contributed by atoms with Gasteiger partial charge in [-0.25, -0.2) is 9.10 Å². The Bertz CT molecular complexity index is 1220. The number of piperazine rings is 1. The summed E-state index contributed by atoms with van der Waals surface area (Å²) in [5, 5.41) is 3.18. The van der Waals surface area contributed by atoms with Gasteiger partial charge in [0, 0.05) is 36.8 Å². The first kappa shape index (κ1) is 24.3. The Morgan fingerprint density at radius 2 is 1.65 bits per heavy atom. The highest BCUT2D eigenvalue weighted by molar-refractivity contribution is 7.98. The van der Waals surface area contributed by atoms with Crippen LogP contribution in [0.5, 0.6) is 0 Å². The smallest absolute Gasteiger partial charge is 0.340 e. The van der Waals surface area contributed by atoms with Crippen molar-refractivity contribution in [3.05, 3.63) is 90.0 Å². The fourth-order valence-corrected chi connectivity index (χ4v) is 6.31. The summed E-state index contributed by atoms with van der Waals surface area (Å²) < 4.78 is 35.4. The summed E-state index contributed by atoms with van der Waals surface area (Å²) in [4.78, 5) is 13.7. The van der Waals surface area contributed by atoms with Crippen molar-refractivity contribution in [2.45, 2.75) is 10.6 Å². The summed E-state index contributed by atoms with van der Waals surface area (Å²) in [5.41, 5.74) is 2.07. The molecule has 3 aromatic rings. The van der Waals surface area contributed by atoms with Gasteiger partial charge in [-0.1, -0.05) is 48.5 Å². The van der Waals surface area contributed by atoms with Crippen molar-refractivity contribution < 1.29 is 17.9 Å². The van der Waals surface area contributed by atoms with Crippen LogP contribution in [-0.2, 0) is 20.7 Å². The van der Waals surface area contributed by atoms with Crippen LogP contribution in [0.4, 0.5) is 11.4 Å². The van der Waals surface area contributed by atoms with Crippen molar-refractivity contribution in [1.29, 1.82) is 0 Å². The van der Waals surface area contributed by atoms with Gasteiger partial charge in [-0.3, -0.25) is 0 Å². The average Bonchev–Trinajstić information content (AvgIpc) is 2.89. The second-order valence-corrected chi connectivity index (χ2v) is 10.5. The molecule has 0 bridgehead atoms. The molecule has 4 rings (SSSR count). The van der Waals surface area contributed by atoms with Crippen LogP contribution in [0.1, 0.15) is 15.9 Å². The Morgan fingerprint density at radius 3 is 2.29 bits per heavy atom. The first-order chi connectivity index (χ1) is 16.5. The Morgan fingerprint density at radius 1 is 1.00 bits per heavy atom. The van der Waals surface area contributed by atoms with Crippen LogP contribution in [-0.4, -0.2) is 52.0 Å². The maximum absolute atomic E-state index is 13.8. The van der Waals surface area contributed by atoms with Crippen LogP contribution in [0.2, 0.25) is 0 Å². The number of nitrogens with one attached hydrogen (secondary N) is 1. The Balaban J connectivity index is 1.76. The van der Waals surface area contributed by atoms with E-state index in [0.717, 1.165) is 16.2 Å². The van der Waals surface area contributed by atoms with Gasteiger partial charge in [-0.15, -0.1) is 11.8 Å². The van der Waals surface area contributed by atoms with E-state index in [1.807, 2.05) is 42.5 Å². The summed E-state index contributed by atoms with van der Waals surface area (Å²) in [6.07, 6.45) is 0. The van der Waals surface area contributed by atoms with Gasteiger partial charge in [0.25, 0.3) is 0 Å². The molecule has 7 nitrogen and oxygen atoms in total. The van der Waals surface area contributed by atoms with Gasteiger partial charge < -0.3 is 10.1 Å². The Kier molecular flexibility index (Phi) is 7.89. The van der Waals surface area contributed by atoms with E-state index in [4.69, 9.17) is 4.74 Å². The molecule has 1 saturated heterocycles. The Hall–Kier alpha value is -2.85. The number of anilines is 2. The van der Waals surface area contributed by atoms with Crippen LogP contribution in [0.15, 0.2) is 83.8 Å². The number of carbonyl (C=O) groups is 1. The van der Waals surface area contributed by atoms with Gasteiger partial charge in [0.2, 0.25) is 0 Å². The molecule has 1 heterocycles. The highest BCUT2D eigenvalue weighted by Crippen LogP contribution is 2.36. The maximum atomic E-state index is 13.8. The number of nitrogens with zero attached hydrogens (tertiary/aromatic N) is 2. The first-order valence-electron chi connectivity index (χ1n) is 11.0. The van der Waals surface area contributed by atoms with E-state index in [2.05, 4.69) is 5.32 Å². The van der Waals surface area contributed by atoms with E-state index in [1.165, 1.54) is 15.7 Å². The fourth-order valence-electron chi connectivity index (χ4n) is 3.75. The number of thioether (sulfide) groups is 1. The average molecular weight is 498 g/mol. The third-order valence-corrected chi connectivity index (χ3v) is 8.42. The monoisotopic (exact) mass is 497 g/mol. The number of benzene rings is 3. The summed E-state index contributed by atoms with van der Waals surface area (Å²) in [7, 11) is -2.65. The molecule has 0 unspecified atom stereocenters. The second-order valence-electron chi connectivity index (χ2n) is 7.70. The van der Waals surface area contributed by atoms with E-state index in [0.29, 0.717) is 31.9 Å². The minimum absolute atomic E-state index is 0.197. The highest BCUT2D eigenvalue weighted by Gasteiger charge is 2.34. The molecule has 178 valence electrons. The quantitative estimate of drug-likeness (QED) is 0.374. The molecule has 34 heavy (non-hydrogen) atoms. The molecule has 3 aromatic carbocycles. The zero-order valence-electron chi connectivity index (χ0n) is 18.9. The minimum atomic E-state index is -3.95. The molecule has 1 N–H and O–H groups in total. The molecule has 0 aromatic heterocycles. The molecule has 1 aliphatic rings. The van der Waals surface area contributed by atoms with E-state index in [-0.39, 0.29) is 11.3 Å². The van der Waals surface area contributed by atoms with Crippen molar-refractivity contribution in [2.75, 3.05) is 37.6 Å². The molecular weight excluding hydrogens is 470 g/mol. The van der Waals surface area contributed by atoms with E-state index < -0.39 is 16.2 Å². The molecule has 1 aliphatic heterocycles. The number of hydrogen-bond donors (Lipinski definition) is 1. The lowest BCUT2D eigenvalue weighted by atomic mass is 10.1. The summed E-state index contributed by atoms with van der Waals surface area (Å²) in [6, 6.07) is 24.1. The lowest BCUT2D eigenvalue weighted by Crippen LogP contribution is -2.51. The van der Waals surface area contributed by atoms with Crippen molar-refractivity contribution in [2.24, 2.45) is 0 Å². The lowest BCUT2D eigenvalue weighted by molar-refractivity contribution is 0.0601. The Labute approximate surface area is 204 Å². The van der Waals surface area contributed by atoms with Crippen molar-refractivity contribution in [1.82, 2.24) is 9.62 Å². The van der Waals surface area contributed by atoms with Crippen LogP contribution in [0.3, 0.4) is 0 Å². The topological polar surface area (TPSA) is 79.0 Å². The predicted molar refractivity (Wildman–Crippen MR) is 136 cm³/mol. The number of esters is 1. The van der Waals surface area contributed by atoms with Crippen molar-refractivity contribution in [3.63, 3.8) is 0 Å². The van der Waals surface area contributed by atoms with Crippen molar-refractivity contribution >= 4 is 39.3 Å². The number of methoxy groups -OCH3 is 1. The molecule has 9 heteroatoms. The molecule has 0 saturated carbocycles. The van der Waals surface area contributed by atoms with Gasteiger partial charge >= 0.3 is 16.2 Å². The van der Waals surface area contributed by atoms with E-state index in [1.54, 1.807) is 48.2 Å². The normalized spacial score (nSPS) is 14.5. The van der Waals surface area contributed by atoms with Crippen LogP contribution in [0, 0.1) is 0 Å². The molecule has 0 aliphatic carbocycles. The summed E-state index contributed by atoms with van der Waals surface area (Å²) >= 11 is 1.57. The number of rotatable bonds is 8. The standard InChI is InChI=1S/C25H27N3O4S2/c1-32-25(29)23-18-22(33-19-20-8-4-2-5-9-20)12-13-24(23)28(21-10-6-3-7-11-21)34(30,31)27-16-14-26-15-17-27/h2-13,18,26H,14-17,19H2,1H3. The third kappa shape index (κ3) is 5.44. The molecule has 0 spiro atoms. The second kappa shape index (κ2) is 11.1. The molecule has 1 fully saturated rings. The zero-order chi connectivity index (χ0) is 24.0. The largest absolute Gasteiger partial charge is 0.465 e. The molecule has 0 amide bonds. The van der Waals surface area contributed by atoms with Gasteiger partial charge in [-0.05, 0) is 35.9 Å². The first-order valence-corrected chi connectivity index (χ1v) is 13.3. The zero-order valence-corrected chi connectivity index (χ0v) is 20.5. The van der Waals surface area contributed by atoms with Gasteiger partial charge in [-0.2, -0.15) is 12.7 Å². The van der Waals surface area contributed by atoms with Gasteiger partial charge in [0.1, 0.15) is 0 Å². The maximum Gasteiger partial charge on any atom is 0.340 e. The lowest BCUT2D eigenvalue weighted by Gasteiger charge is -2.34. The summed E-state index contributed by atoms with van der Waals surface area (Å²) in [5.74, 6) is 0.135. The fraction of sp³-hybridized carbons (Fsp3) is 0.240. The SMILES string of the molecule is COC(=O)c1cc(SCc2ccccc2)ccc1N(c1ccccc1)S(=O)(=O)N1CCNCC1. The molecule has 0 atom stereocenters. The predicted octanol–water partition coefficient (Wildman–Crippen LogP) is 4.05. The van der Waals surface area contributed by atoms with Gasteiger partial charge in [0.05, 0.1) is 24.0 Å². The van der Waals surface area contributed by atoms with Crippen LogP contribution in [0.25, 0.3) is 0 Å². The molecular formula is C25H27N3O4S2. The number of ether oxygens (including phenoxy) is 1. The number of para-hydroxylation sites is 1. The van der Waals surface area contributed by atoms with E-state index >= 15 is 0 Å². The number of carbonyl (C=O) groups excluding carboxylic acids is 1. The van der Waals surface area contributed by atoms with Crippen molar-refractivity contribution in [3.8, 4) is 0 Å². The minimum Gasteiger partial charge on any atom is -0.465 e. The van der Waals surface area contributed by atoms with Gasteiger partial charge in [0.15, 0.2) is 0 Å². The van der Waals surface area contributed by atoms with Crippen LogP contribution < -0.4 is 9.62 Å². The summed E-state index contributed by atoms with van der Waals surface area (Å²) in [6.45, 7) is 1.84. The highest BCUT2D eigenvalue weighted by atomic mass is 32.2. The number of hydrogen-bond acceptors (Lipinski definition) is 6. The molecule has 0 radical (unpaired) electrons. The van der Waals surface area contributed by atoms with Crippen LogP contribution >= 0.6 is 11.8 Å².